The van der Waals surface area contributed by atoms with E-state index in [1.807, 2.05) is 18.2 Å². The Hall–Kier alpha value is -3.50. The lowest BCUT2D eigenvalue weighted by Crippen LogP contribution is -2.22. The lowest BCUT2D eigenvalue weighted by atomic mass is 10.2. The first-order chi connectivity index (χ1) is 14.4. The van der Waals surface area contributed by atoms with Crippen molar-refractivity contribution in [3.8, 4) is 0 Å². The molecule has 0 fully saturated rings. The Morgan fingerprint density at radius 1 is 1.27 bits per heavy atom. The maximum atomic E-state index is 12.5. The van der Waals surface area contributed by atoms with E-state index in [0.29, 0.717) is 16.4 Å². The van der Waals surface area contributed by atoms with Crippen LogP contribution in [0, 0.1) is 10.1 Å². The lowest BCUT2D eigenvalue weighted by molar-refractivity contribution is -0.384. The fourth-order valence-electron chi connectivity index (χ4n) is 2.91. The Kier molecular flexibility index (Phi) is 5.34. The first-order valence-electron chi connectivity index (χ1n) is 8.65. The van der Waals surface area contributed by atoms with Crippen LogP contribution in [0.25, 0.3) is 11.1 Å². The van der Waals surface area contributed by atoms with E-state index in [0.717, 1.165) is 16.2 Å². The number of oxazole rings is 1. The third-order valence-electron chi connectivity index (χ3n) is 4.33. The normalized spacial score (nSPS) is 11.8. The van der Waals surface area contributed by atoms with Gasteiger partial charge in [-0.2, -0.15) is 4.99 Å². The summed E-state index contributed by atoms with van der Waals surface area (Å²) in [6.07, 6.45) is 1.79. The molecule has 11 heteroatoms. The molecule has 2 aromatic carbocycles. The molecule has 0 spiro atoms. The van der Waals surface area contributed by atoms with E-state index in [-0.39, 0.29) is 23.3 Å². The number of non-ortho nitro benzene ring substituents is 1. The predicted octanol–water partition coefficient (Wildman–Crippen LogP) is 3.19. The zero-order valence-electron chi connectivity index (χ0n) is 15.2. The maximum Gasteiger partial charge on any atom is 0.420 e. The molecule has 0 unspecified atom stereocenters. The average Bonchev–Trinajstić information content (AvgIpc) is 3.27. The van der Waals surface area contributed by atoms with Gasteiger partial charge in [-0.3, -0.25) is 19.5 Å². The maximum absolute atomic E-state index is 12.5. The van der Waals surface area contributed by atoms with Gasteiger partial charge in [0, 0.05) is 22.7 Å². The molecule has 0 aliphatic rings. The number of benzene rings is 2. The number of nitro benzene ring substituents is 1. The van der Waals surface area contributed by atoms with Crippen LogP contribution in [0.5, 0.6) is 0 Å². The van der Waals surface area contributed by atoms with Crippen LogP contribution in [0.4, 0.5) is 5.69 Å². The Morgan fingerprint density at radius 3 is 2.83 bits per heavy atom. The van der Waals surface area contributed by atoms with Crippen LogP contribution >= 0.6 is 22.9 Å². The zero-order chi connectivity index (χ0) is 21.3. The van der Waals surface area contributed by atoms with Crippen molar-refractivity contribution < 1.29 is 14.1 Å². The topological polar surface area (TPSA) is 113 Å². The summed E-state index contributed by atoms with van der Waals surface area (Å²) < 4.78 is 7.91. The van der Waals surface area contributed by atoms with Gasteiger partial charge in [0.15, 0.2) is 10.4 Å². The number of halogens is 1. The van der Waals surface area contributed by atoms with Crippen molar-refractivity contribution in [2.75, 3.05) is 0 Å². The van der Waals surface area contributed by atoms with Crippen LogP contribution in [-0.2, 0) is 17.9 Å². The van der Waals surface area contributed by atoms with Crippen molar-refractivity contribution in [3.63, 3.8) is 0 Å². The molecular weight excluding hydrogens is 432 g/mol. The molecule has 1 amide bonds. The molecule has 2 aromatic heterocycles. The number of thiazole rings is 1. The van der Waals surface area contributed by atoms with Crippen molar-refractivity contribution in [1.82, 2.24) is 9.13 Å². The van der Waals surface area contributed by atoms with E-state index in [4.69, 9.17) is 16.0 Å². The second-order valence-electron chi connectivity index (χ2n) is 6.27. The highest BCUT2D eigenvalue weighted by Gasteiger charge is 2.16. The SMILES string of the molecule is O=C(Cn1c(=O)oc2cc([N+](=O)[O-])ccc21)N=c1sccn1Cc1ccccc1Cl. The summed E-state index contributed by atoms with van der Waals surface area (Å²) in [5.74, 6) is -1.35. The molecule has 0 aliphatic heterocycles. The van der Waals surface area contributed by atoms with Crippen LogP contribution < -0.4 is 10.6 Å². The quantitative estimate of drug-likeness (QED) is 0.346. The van der Waals surface area contributed by atoms with Crippen molar-refractivity contribution in [1.29, 1.82) is 0 Å². The van der Waals surface area contributed by atoms with Gasteiger partial charge in [-0.25, -0.2) is 4.79 Å². The van der Waals surface area contributed by atoms with Gasteiger partial charge in [-0.15, -0.1) is 11.3 Å². The number of hydrogen-bond acceptors (Lipinski definition) is 6. The van der Waals surface area contributed by atoms with Crippen molar-refractivity contribution in [2.24, 2.45) is 4.99 Å². The zero-order valence-corrected chi connectivity index (χ0v) is 16.8. The summed E-state index contributed by atoms with van der Waals surface area (Å²) in [6.45, 7) is 0.0845. The third-order valence-corrected chi connectivity index (χ3v) is 5.50. The molecule has 0 saturated heterocycles. The van der Waals surface area contributed by atoms with E-state index in [1.54, 1.807) is 22.2 Å². The number of nitrogens with zero attached hydrogens (tertiary/aromatic N) is 4. The summed E-state index contributed by atoms with van der Waals surface area (Å²) in [5, 5.41) is 13.3. The van der Waals surface area contributed by atoms with Crippen LogP contribution in [-0.4, -0.2) is 20.0 Å². The van der Waals surface area contributed by atoms with Gasteiger partial charge < -0.3 is 8.98 Å². The molecule has 4 aromatic rings. The Morgan fingerprint density at radius 2 is 2.07 bits per heavy atom. The lowest BCUT2D eigenvalue weighted by Gasteiger charge is -2.05. The first-order valence-corrected chi connectivity index (χ1v) is 9.91. The van der Waals surface area contributed by atoms with Gasteiger partial charge in [0.1, 0.15) is 6.54 Å². The van der Waals surface area contributed by atoms with Crippen molar-refractivity contribution in [2.45, 2.75) is 13.1 Å². The number of aromatic nitrogens is 2. The first kappa shape index (κ1) is 19.8. The van der Waals surface area contributed by atoms with E-state index >= 15 is 0 Å². The molecule has 0 aliphatic carbocycles. The smallest absolute Gasteiger partial charge is 0.407 e. The summed E-state index contributed by atoms with van der Waals surface area (Å²) in [6, 6.07) is 11.1. The molecule has 152 valence electrons. The molecule has 0 radical (unpaired) electrons. The number of carbonyl (C=O) groups is 1. The second-order valence-corrected chi connectivity index (χ2v) is 7.55. The van der Waals surface area contributed by atoms with E-state index in [1.165, 1.54) is 23.5 Å². The highest BCUT2D eigenvalue weighted by atomic mass is 35.5. The van der Waals surface area contributed by atoms with E-state index in [9.17, 15) is 19.7 Å². The minimum absolute atomic E-state index is 0.0342. The minimum Gasteiger partial charge on any atom is -0.407 e. The molecule has 0 bridgehead atoms. The number of rotatable bonds is 5. The summed E-state index contributed by atoms with van der Waals surface area (Å²) in [4.78, 5) is 39.5. The van der Waals surface area contributed by atoms with Gasteiger partial charge in [0.25, 0.3) is 11.6 Å². The Labute approximate surface area is 177 Å². The van der Waals surface area contributed by atoms with Crippen molar-refractivity contribution in [3.05, 3.63) is 90.1 Å². The highest BCUT2D eigenvalue weighted by molar-refractivity contribution is 7.07. The molecule has 9 nitrogen and oxygen atoms in total. The molecular formula is C19H13ClN4O5S. The fourth-order valence-corrected chi connectivity index (χ4v) is 3.85. The van der Waals surface area contributed by atoms with E-state index in [2.05, 4.69) is 4.99 Å². The molecule has 4 rings (SSSR count). The average molecular weight is 445 g/mol. The standard InChI is InChI=1S/C19H13ClN4O5S/c20-14-4-2-1-3-12(14)10-22-7-8-30-18(22)21-17(25)11-23-15-6-5-13(24(27)28)9-16(15)29-19(23)26/h1-9H,10-11H2. The Bertz CT molecular complexity index is 1400. The molecule has 0 N–H and O–H groups in total. The molecule has 30 heavy (non-hydrogen) atoms. The number of nitro groups is 1. The number of carbonyl (C=O) groups excluding carboxylic acids is 1. The summed E-state index contributed by atoms with van der Waals surface area (Å²) in [5.41, 5.74) is 0.986. The van der Waals surface area contributed by atoms with Gasteiger partial charge >= 0.3 is 5.76 Å². The van der Waals surface area contributed by atoms with Crippen LogP contribution in [0.1, 0.15) is 5.56 Å². The second kappa shape index (κ2) is 8.09. The molecule has 0 atom stereocenters. The number of hydrogen-bond donors (Lipinski definition) is 0. The largest absolute Gasteiger partial charge is 0.420 e. The Balaban J connectivity index is 1.62. The van der Waals surface area contributed by atoms with E-state index < -0.39 is 16.6 Å². The van der Waals surface area contributed by atoms with Crippen LogP contribution in [0.15, 0.2) is 68.2 Å². The van der Waals surface area contributed by atoms with Crippen LogP contribution in [0.3, 0.4) is 0 Å². The number of fused-ring (bicyclic) bond motifs is 1. The molecule has 0 saturated carbocycles. The molecule has 2 heterocycles. The van der Waals surface area contributed by atoms with Crippen molar-refractivity contribution >= 4 is 45.6 Å². The highest BCUT2D eigenvalue weighted by Crippen LogP contribution is 2.20. The monoisotopic (exact) mass is 444 g/mol. The minimum atomic E-state index is -0.788. The van der Waals surface area contributed by atoms with Gasteiger partial charge in [-0.1, -0.05) is 29.8 Å². The van der Waals surface area contributed by atoms with Gasteiger partial charge in [-0.05, 0) is 17.7 Å². The predicted molar refractivity (Wildman–Crippen MR) is 111 cm³/mol. The number of amides is 1. The van der Waals surface area contributed by atoms with Crippen LogP contribution in [0.2, 0.25) is 5.02 Å². The summed E-state index contributed by atoms with van der Waals surface area (Å²) >= 11 is 7.47. The van der Waals surface area contributed by atoms with Gasteiger partial charge in [0.05, 0.1) is 23.1 Å². The van der Waals surface area contributed by atoms with Gasteiger partial charge in [0.2, 0.25) is 0 Å². The third kappa shape index (κ3) is 3.95. The summed E-state index contributed by atoms with van der Waals surface area (Å²) in [7, 11) is 0. The fraction of sp³-hybridized carbons (Fsp3) is 0.105.